The van der Waals surface area contributed by atoms with Gasteiger partial charge < -0.3 is 34.1 Å². The molecule has 0 spiro atoms. The first-order valence-electron chi connectivity index (χ1n) is 7.89. The van der Waals surface area contributed by atoms with E-state index < -0.39 is 60.2 Å². The predicted molar refractivity (Wildman–Crippen MR) is 77.8 cm³/mol. The number of hydrogen-bond donors (Lipinski definition) is 2. The third-order valence-corrected chi connectivity index (χ3v) is 4.14. The van der Waals surface area contributed by atoms with Crippen LogP contribution in [0.5, 0.6) is 0 Å². The van der Waals surface area contributed by atoms with E-state index in [0.29, 0.717) is 0 Å². The van der Waals surface area contributed by atoms with Gasteiger partial charge >= 0.3 is 5.97 Å². The monoisotopic (exact) mass is 345 g/mol. The highest BCUT2D eigenvalue weighted by Crippen LogP contribution is 2.44. The van der Waals surface area contributed by atoms with Crippen molar-refractivity contribution >= 4 is 11.9 Å². The van der Waals surface area contributed by atoms with Crippen LogP contribution >= 0.6 is 0 Å². The molecule has 9 nitrogen and oxygen atoms in total. The number of carboxylic acids is 1. The van der Waals surface area contributed by atoms with E-state index in [4.69, 9.17) is 28.8 Å². The van der Waals surface area contributed by atoms with Gasteiger partial charge in [-0.25, -0.2) is 0 Å². The summed E-state index contributed by atoms with van der Waals surface area (Å²) in [5, 5.41) is 11.4. The van der Waals surface area contributed by atoms with E-state index >= 15 is 0 Å². The molecule has 0 aliphatic carbocycles. The van der Waals surface area contributed by atoms with Crippen LogP contribution < -0.4 is 5.32 Å². The van der Waals surface area contributed by atoms with Crippen molar-refractivity contribution in [3.8, 4) is 0 Å². The van der Waals surface area contributed by atoms with Crippen molar-refractivity contribution in [1.82, 2.24) is 5.32 Å². The van der Waals surface area contributed by atoms with Gasteiger partial charge in [-0.1, -0.05) is 0 Å². The van der Waals surface area contributed by atoms with Crippen LogP contribution in [0, 0.1) is 0 Å². The molecule has 1 amide bonds. The SMILES string of the molecule is C[C@H](NC(=O)[C@@H]1O[C@H]2OC(C)(C)O[C@@H]2[C@H]2OC(C)(C)O[C@@H]21)C(=O)O. The van der Waals surface area contributed by atoms with Gasteiger partial charge in [0, 0.05) is 0 Å². The Bertz CT molecular complexity index is 548. The summed E-state index contributed by atoms with van der Waals surface area (Å²) in [6.45, 7) is 8.32. The van der Waals surface area contributed by atoms with Crippen molar-refractivity contribution in [2.75, 3.05) is 0 Å². The fourth-order valence-corrected chi connectivity index (χ4v) is 3.18. The number of carbonyl (C=O) groups is 2. The average Bonchev–Trinajstić information content (AvgIpc) is 2.91. The Balaban J connectivity index is 1.82. The lowest BCUT2D eigenvalue weighted by Gasteiger charge is -2.36. The van der Waals surface area contributed by atoms with E-state index in [1.54, 1.807) is 27.7 Å². The van der Waals surface area contributed by atoms with Crippen molar-refractivity contribution in [3.05, 3.63) is 0 Å². The van der Waals surface area contributed by atoms with E-state index in [9.17, 15) is 9.59 Å². The minimum absolute atomic E-state index is 0.535. The maximum Gasteiger partial charge on any atom is 0.325 e. The van der Waals surface area contributed by atoms with E-state index in [1.165, 1.54) is 6.92 Å². The molecule has 0 aromatic carbocycles. The number of ether oxygens (including phenoxy) is 5. The van der Waals surface area contributed by atoms with Crippen LogP contribution in [-0.4, -0.2) is 65.3 Å². The molecule has 0 aromatic rings. The minimum Gasteiger partial charge on any atom is -0.480 e. The summed E-state index contributed by atoms with van der Waals surface area (Å²) in [4.78, 5) is 23.4. The van der Waals surface area contributed by atoms with Gasteiger partial charge in [0.15, 0.2) is 24.0 Å². The van der Waals surface area contributed by atoms with Gasteiger partial charge in [-0.05, 0) is 34.6 Å². The Kier molecular flexibility index (Phi) is 4.12. The van der Waals surface area contributed by atoms with Gasteiger partial charge in [0.2, 0.25) is 0 Å². The number of amides is 1. The number of rotatable bonds is 3. The zero-order valence-electron chi connectivity index (χ0n) is 14.3. The zero-order chi connectivity index (χ0) is 17.9. The second kappa shape index (κ2) is 5.63. The molecule has 0 radical (unpaired) electrons. The maximum absolute atomic E-state index is 12.5. The fraction of sp³-hybridized carbons (Fsp3) is 0.867. The van der Waals surface area contributed by atoms with Crippen molar-refractivity contribution in [3.63, 3.8) is 0 Å². The molecule has 6 atom stereocenters. The molecule has 0 saturated carbocycles. The third-order valence-electron chi connectivity index (χ3n) is 4.14. The van der Waals surface area contributed by atoms with Crippen LogP contribution in [0.3, 0.4) is 0 Å². The standard InChI is InChI=1S/C15H23NO8/c1-6(12(18)19)16-11(17)9-7-8(22-14(2,3)21-7)10-13(20-9)24-15(4,5)23-10/h6-10,13H,1-5H3,(H,16,17)(H,18,19)/t6-,7-,8-,9+,10+,13-/m0/s1. The highest BCUT2D eigenvalue weighted by molar-refractivity contribution is 5.86. The minimum atomic E-state index is -1.14. The predicted octanol–water partition coefficient (Wildman–Crippen LogP) is -0.0278. The molecule has 3 fully saturated rings. The lowest BCUT2D eigenvalue weighted by molar-refractivity contribution is -0.231. The number of fused-ring (bicyclic) bond motifs is 3. The van der Waals surface area contributed by atoms with Crippen molar-refractivity contribution < 1.29 is 38.4 Å². The Hall–Kier alpha value is -1.26. The van der Waals surface area contributed by atoms with Gasteiger partial charge in [-0.15, -0.1) is 0 Å². The number of aliphatic carboxylic acids is 1. The van der Waals surface area contributed by atoms with Crippen LogP contribution in [0.2, 0.25) is 0 Å². The molecule has 3 aliphatic rings. The highest BCUT2D eigenvalue weighted by atomic mass is 16.9. The van der Waals surface area contributed by atoms with Crippen molar-refractivity contribution in [2.24, 2.45) is 0 Å². The van der Waals surface area contributed by atoms with Crippen LogP contribution in [0.25, 0.3) is 0 Å². The van der Waals surface area contributed by atoms with Crippen LogP contribution in [0.1, 0.15) is 34.6 Å². The van der Waals surface area contributed by atoms with Crippen molar-refractivity contribution in [2.45, 2.75) is 82.9 Å². The van der Waals surface area contributed by atoms with Crippen LogP contribution in [0.15, 0.2) is 0 Å². The fourth-order valence-electron chi connectivity index (χ4n) is 3.18. The molecule has 3 heterocycles. The molecule has 136 valence electrons. The largest absolute Gasteiger partial charge is 0.480 e. The molecular weight excluding hydrogens is 322 g/mol. The summed E-state index contributed by atoms with van der Waals surface area (Å²) < 4.78 is 29.0. The molecule has 0 aromatic heterocycles. The highest BCUT2D eigenvalue weighted by Gasteiger charge is 2.62. The summed E-state index contributed by atoms with van der Waals surface area (Å²) in [5.74, 6) is -3.52. The van der Waals surface area contributed by atoms with Crippen LogP contribution in [0.4, 0.5) is 0 Å². The molecule has 24 heavy (non-hydrogen) atoms. The molecule has 9 heteroatoms. The molecular formula is C15H23NO8. The van der Waals surface area contributed by atoms with Gasteiger partial charge in [0.05, 0.1) is 0 Å². The topological polar surface area (TPSA) is 113 Å². The Morgan fingerprint density at radius 1 is 0.958 bits per heavy atom. The van der Waals surface area contributed by atoms with E-state index in [1.807, 2.05) is 0 Å². The normalized spacial score (nSPS) is 40.5. The molecule has 3 saturated heterocycles. The molecule has 3 rings (SSSR count). The van der Waals surface area contributed by atoms with Gasteiger partial charge in [-0.2, -0.15) is 0 Å². The Morgan fingerprint density at radius 3 is 2.12 bits per heavy atom. The number of nitrogens with one attached hydrogen (secondary N) is 1. The van der Waals surface area contributed by atoms with E-state index in [0.717, 1.165) is 0 Å². The zero-order valence-corrected chi connectivity index (χ0v) is 14.3. The summed E-state index contributed by atoms with van der Waals surface area (Å²) in [5.41, 5.74) is 0. The van der Waals surface area contributed by atoms with Gasteiger partial charge in [0.25, 0.3) is 5.91 Å². The summed E-state index contributed by atoms with van der Waals surface area (Å²) in [7, 11) is 0. The van der Waals surface area contributed by atoms with Gasteiger partial charge in [-0.3, -0.25) is 9.59 Å². The number of hydrogen-bond acceptors (Lipinski definition) is 7. The second-order valence-corrected chi connectivity index (χ2v) is 7.16. The Labute approximate surface area is 139 Å². The third kappa shape index (κ3) is 3.14. The molecule has 3 aliphatic heterocycles. The van der Waals surface area contributed by atoms with E-state index in [-0.39, 0.29) is 0 Å². The quantitative estimate of drug-likeness (QED) is 0.733. The van der Waals surface area contributed by atoms with E-state index in [2.05, 4.69) is 5.32 Å². The average molecular weight is 345 g/mol. The first kappa shape index (κ1) is 17.6. The molecule has 0 unspecified atom stereocenters. The van der Waals surface area contributed by atoms with Crippen LogP contribution in [-0.2, 0) is 33.3 Å². The lowest BCUT2D eigenvalue weighted by Crippen LogP contribution is -2.60. The smallest absolute Gasteiger partial charge is 0.325 e. The second-order valence-electron chi connectivity index (χ2n) is 7.16. The van der Waals surface area contributed by atoms with Gasteiger partial charge in [0.1, 0.15) is 24.4 Å². The molecule has 0 bridgehead atoms. The summed E-state index contributed by atoms with van der Waals surface area (Å²) in [6.07, 6.45) is -3.67. The number of carboxylic acid groups (broad SMARTS) is 1. The Morgan fingerprint density at radius 2 is 1.50 bits per heavy atom. The molecule has 2 N–H and O–H groups in total. The summed E-state index contributed by atoms with van der Waals surface area (Å²) in [6, 6.07) is -1.05. The summed E-state index contributed by atoms with van der Waals surface area (Å²) >= 11 is 0. The first-order valence-corrected chi connectivity index (χ1v) is 7.89. The number of carbonyl (C=O) groups excluding carboxylic acids is 1. The van der Waals surface area contributed by atoms with Crippen molar-refractivity contribution in [1.29, 1.82) is 0 Å². The lowest BCUT2D eigenvalue weighted by atomic mass is 9.98. The first-order chi connectivity index (χ1) is 11.0. The maximum atomic E-state index is 12.5.